The van der Waals surface area contributed by atoms with Gasteiger partial charge in [-0.05, 0) is 20.3 Å². The first-order valence-corrected chi connectivity index (χ1v) is 5.81. The summed E-state index contributed by atoms with van der Waals surface area (Å²) in [6.45, 7) is 6.26. The number of nitrogens with zero attached hydrogens (tertiary/aromatic N) is 1. The molecule has 0 aromatic carbocycles. The van der Waals surface area contributed by atoms with E-state index in [2.05, 4.69) is 21.2 Å². The highest BCUT2D eigenvalue weighted by Gasteiger charge is 2.29. The second kappa shape index (κ2) is 6.10. The zero-order chi connectivity index (χ0) is 12.1. The van der Waals surface area contributed by atoms with Crippen LogP contribution in [0.5, 0.6) is 0 Å². The number of amides is 2. The summed E-state index contributed by atoms with van der Waals surface area (Å²) in [5, 5.41) is 2.51. The van der Waals surface area contributed by atoms with Gasteiger partial charge in [0, 0.05) is 13.6 Å². The highest BCUT2D eigenvalue weighted by molar-refractivity contribution is 9.10. The van der Waals surface area contributed by atoms with Crippen LogP contribution in [0.3, 0.4) is 0 Å². The number of likely N-dealkylation sites (N-methyl/N-ethyl adjacent to an activating group) is 1. The zero-order valence-electron chi connectivity index (χ0n) is 9.76. The van der Waals surface area contributed by atoms with Crippen molar-refractivity contribution in [3.63, 3.8) is 0 Å². The van der Waals surface area contributed by atoms with Gasteiger partial charge in [-0.2, -0.15) is 0 Å². The minimum atomic E-state index is -0.615. The van der Waals surface area contributed by atoms with Crippen molar-refractivity contribution in [2.24, 2.45) is 0 Å². The van der Waals surface area contributed by atoms with Gasteiger partial charge in [0.15, 0.2) is 0 Å². The molecule has 0 saturated carbocycles. The summed E-state index contributed by atoms with van der Waals surface area (Å²) in [7, 11) is 1.57. The average molecular weight is 279 g/mol. The van der Waals surface area contributed by atoms with Crippen molar-refractivity contribution in [1.29, 1.82) is 0 Å². The minimum Gasteiger partial charge on any atom is -0.358 e. The Morgan fingerprint density at radius 2 is 1.93 bits per heavy atom. The van der Waals surface area contributed by atoms with E-state index in [1.165, 1.54) is 0 Å². The summed E-state index contributed by atoms with van der Waals surface area (Å²) in [5.41, 5.74) is 0. The molecule has 0 bridgehead atoms. The number of nitrogens with one attached hydrogen (secondary N) is 1. The third-order valence-electron chi connectivity index (χ3n) is 1.90. The van der Waals surface area contributed by atoms with Gasteiger partial charge in [0.2, 0.25) is 11.8 Å². The number of hydrogen-bond donors (Lipinski definition) is 1. The molecule has 0 rings (SSSR count). The van der Waals surface area contributed by atoms with Crippen LogP contribution < -0.4 is 5.32 Å². The first-order valence-electron chi connectivity index (χ1n) is 5.01. The lowest BCUT2D eigenvalue weighted by Gasteiger charge is -2.27. The molecule has 0 fully saturated rings. The van der Waals surface area contributed by atoms with Crippen molar-refractivity contribution in [3.8, 4) is 0 Å². The van der Waals surface area contributed by atoms with Crippen LogP contribution in [-0.4, -0.2) is 41.2 Å². The van der Waals surface area contributed by atoms with E-state index in [-0.39, 0.29) is 18.4 Å². The molecule has 4 nitrogen and oxygen atoms in total. The molecule has 0 aliphatic heterocycles. The fourth-order valence-electron chi connectivity index (χ4n) is 1.15. The monoisotopic (exact) mass is 278 g/mol. The van der Waals surface area contributed by atoms with Crippen molar-refractivity contribution in [1.82, 2.24) is 10.2 Å². The fourth-order valence-corrected chi connectivity index (χ4v) is 1.40. The minimum absolute atomic E-state index is 0.0621. The van der Waals surface area contributed by atoms with Gasteiger partial charge in [0.25, 0.3) is 0 Å². The molecule has 0 aliphatic carbocycles. The summed E-state index contributed by atoms with van der Waals surface area (Å²) in [6.07, 6.45) is 0.839. The molecule has 88 valence electrons. The number of hydrogen-bond acceptors (Lipinski definition) is 2. The van der Waals surface area contributed by atoms with Crippen LogP contribution in [0.1, 0.15) is 27.2 Å². The van der Waals surface area contributed by atoms with Crippen LogP contribution in [0, 0.1) is 0 Å². The third-order valence-corrected chi connectivity index (χ3v) is 2.24. The van der Waals surface area contributed by atoms with Crippen LogP contribution in [0.15, 0.2) is 0 Å². The molecule has 5 heteroatoms. The van der Waals surface area contributed by atoms with E-state index < -0.39 is 4.32 Å². The fraction of sp³-hybridized carbons (Fsp3) is 0.800. The van der Waals surface area contributed by atoms with Crippen molar-refractivity contribution < 1.29 is 9.59 Å². The second-order valence-electron chi connectivity index (χ2n) is 3.87. The van der Waals surface area contributed by atoms with Gasteiger partial charge in [-0.3, -0.25) is 9.59 Å². The Morgan fingerprint density at radius 1 is 1.40 bits per heavy atom. The molecule has 0 aromatic rings. The van der Waals surface area contributed by atoms with Gasteiger partial charge in [-0.25, -0.2) is 0 Å². The average Bonchev–Trinajstić information content (AvgIpc) is 2.14. The lowest BCUT2D eigenvalue weighted by atomic mass is 10.2. The molecule has 0 heterocycles. The van der Waals surface area contributed by atoms with E-state index in [4.69, 9.17) is 0 Å². The molecular formula is C10H19BrN2O2. The summed E-state index contributed by atoms with van der Waals surface area (Å²) in [4.78, 5) is 24.7. The number of halogens is 1. The highest BCUT2D eigenvalue weighted by Crippen LogP contribution is 2.19. The van der Waals surface area contributed by atoms with Crippen molar-refractivity contribution >= 4 is 27.7 Å². The molecule has 0 radical (unpaired) electrons. The standard InChI is InChI=1S/C10H19BrN2O2/c1-5-6-13(7-8(14)12-4)9(15)10(2,3)11/h5-7H2,1-4H3,(H,12,14). The third kappa shape index (κ3) is 5.16. The Morgan fingerprint density at radius 3 is 2.27 bits per heavy atom. The second-order valence-corrected chi connectivity index (χ2v) is 5.85. The molecule has 0 spiro atoms. The maximum Gasteiger partial charge on any atom is 0.239 e. The van der Waals surface area contributed by atoms with Crippen molar-refractivity contribution in [2.45, 2.75) is 31.5 Å². The predicted molar refractivity (Wildman–Crippen MR) is 63.9 cm³/mol. The molecule has 0 aromatic heterocycles. The Kier molecular flexibility index (Phi) is 5.87. The molecule has 0 aliphatic rings. The van der Waals surface area contributed by atoms with E-state index in [1.807, 2.05) is 6.92 Å². The molecule has 0 unspecified atom stereocenters. The maximum atomic E-state index is 11.9. The van der Waals surface area contributed by atoms with Gasteiger partial charge in [0.1, 0.15) is 0 Å². The van der Waals surface area contributed by atoms with Crippen LogP contribution in [-0.2, 0) is 9.59 Å². The van der Waals surface area contributed by atoms with E-state index in [0.717, 1.165) is 6.42 Å². The van der Waals surface area contributed by atoms with Gasteiger partial charge < -0.3 is 10.2 Å². The summed E-state index contributed by atoms with van der Waals surface area (Å²) in [5.74, 6) is -0.207. The van der Waals surface area contributed by atoms with Gasteiger partial charge >= 0.3 is 0 Å². The SMILES string of the molecule is CCCN(CC(=O)NC)C(=O)C(C)(C)Br. The normalized spacial score (nSPS) is 11.0. The lowest BCUT2D eigenvalue weighted by molar-refractivity contribution is -0.137. The van der Waals surface area contributed by atoms with E-state index >= 15 is 0 Å². The number of alkyl halides is 1. The van der Waals surface area contributed by atoms with Gasteiger partial charge in [-0.1, -0.05) is 22.9 Å². The first kappa shape index (κ1) is 14.4. The van der Waals surface area contributed by atoms with Crippen LogP contribution in [0.4, 0.5) is 0 Å². The van der Waals surface area contributed by atoms with Crippen LogP contribution >= 0.6 is 15.9 Å². The molecule has 0 saturated heterocycles. The van der Waals surface area contributed by atoms with Gasteiger partial charge in [0.05, 0.1) is 10.9 Å². The quantitative estimate of drug-likeness (QED) is 0.767. The smallest absolute Gasteiger partial charge is 0.239 e. The van der Waals surface area contributed by atoms with Crippen molar-refractivity contribution in [3.05, 3.63) is 0 Å². The molecule has 1 N–H and O–H groups in total. The molecule has 15 heavy (non-hydrogen) atoms. The number of rotatable bonds is 5. The van der Waals surface area contributed by atoms with Crippen LogP contribution in [0.25, 0.3) is 0 Å². The molecular weight excluding hydrogens is 260 g/mol. The summed E-state index contributed by atoms with van der Waals surface area (Å²) in [6, 6.07) is 0. The zero-order valence-corrected chi connectivity index (χ0v) is 11.3. The number of carbonyl (C=O) groups excluding carboxylic acids is 2. The summed E-state index contributed by atoms with van der Waals surface area (Å²) < 4.78 is -0.615. The van der Waals surface area contributed by atoms with E-state index in [0.29, 0.717) is 6.54 Å². The van der Waals surface area contributed by atoms with Crippen molar-refractivity contribution in [2.75, 3.05) is 20.1 Å². The first-order chi connectivity index (χ1) is 6.82. The summed E-state index contributed by atoms with van der Waals surface area (Å²) >= 11 is 3.30. The lowest BCUT2D eigenvalue weighted by Crippen LogP contribution is -2.46. The Labute approximate surface area is 99.5 Å². The van der Waals surface area contributed by atoms with Gasteiger partial charge in [-0.15, -0.1) is 0 Å². The Hall–Kier alpha value is -0.580. The van der Waals surface area contributed by atoms with E-state index in [1.54, 1.807) is 25.8 Å². The Balaban J connectivity index is 4.52. The maximum absolute atomic E-state index is 11.9. The number of carbonyl (C=O) groups is 2. The Bertz CT molecular complexity index is 236. The topological polar surface area (TPSA) is 49.4 Å². The highest BCUT2D eigenvalue weighted by atomic mass is 79.9. The predicted octanol–water partition coefficient (Wildman–Crippen LogP) is 1.14. The molecule has 2 amide bonds. The van der Waals surface area contributed by atoms with Crippen LogP contribution in [0.2, 0.25) is 0 Å². The largest absolute Gasteiger partial charge is 0.358 e. The molecule has 0 atom stereocenters. The van der Waals surface area contributed by atoms with E-state index in [9.17, 15) is 9.59 Å².